The smallest absolute Gasteiger partial charge is 0.321 e. The molecule has 2 N–H and O–H groups in total. The SMILES string of the molecule is CNC(=O)NC(=O)[C@H](C)Sc1nc2ccccc2c(=O)n1-c1cc(C)ccc1C. The molecule has 0 fully saturated rings. The van der Waals surface area contributed by atoms with Crippen LogP contribution in [0.2, 0.25) is 0 Å². The molecule has 0 radical (unpaired) electrons. The number of hydrogen-bond acceptors (Lipinski definition) is 5. The fourth-order valence-corrected chi connectivity index (χ4v) is 3.77. The van der Waals surface area contributed by atoms with Gasteiger partial charge in [-0.25, -0.2) is 9.78 Å². The van der Waals surface area contributed by atoms with Crippen LogP contribution in [0.1, 0.15) is 18.1 Å². The molecule has 2 aromatic carbocycles. The number of nitrogens with zero attached hydrogens (tertiary/aromatic N) is 2. The molecule has 0 aliphatic rings. The third kappa shape index (κ3) is 4.32. The van der Waals surface area contributed by atoms with Crippen LogP contribution in [-0.2, 0) is 4.79 Å². The zero-order valence-electron chi connectivity index (χ0n) is 16.6. The molecule has 0 spiro atoms. The molecule has 150 valence electrons. The molecule has 3 amide bonds. The molecular formula is C21H22N4O3S. The Hall–Kier alpha value is -3.13. The minimum Gasteiger partial charge on any atom is -0.341 e. The van der Waals surface area contributed by atoms with Crippen LogP contribution in [0.5, 0.6) is 0 Å². The predicted molar refractivity (Wildman–Crippen MR) is 115 cm³/mol. The van der Waals surface area contributed by atoms with E-state index in [0.29, 0.717) is 16.1 Å². The van der Waals surface area contributed by atoms with Gasteiger partial charge in [0.25, 0.3) is 5.56 Å². The number of rotatable bonds is 4. The quantitative estimate of drug-likeness (QED) is 0.510. The van der Waals surface area contributed by atoms with Crippen molar-refractivity contribution in [3.63, 3.8) is 0 Å². The number of nitrogens with one attached hydrogen (secondary N) is 2. The van der Waals surface area contributed by atoms with Crippen molar-refractivity contribution in [2.24, 2.45) is 0 Å². The topological polar surface area (TPSA) is 93.1 Å². The number of aryl methyl sites for hydroxylation is 2. The molecule has 0 aliphatic heterocycles. The summed E-state index contributed by atoms with van der Waals surface area (Å²) in [6.07, 6.45) is 0. The summed E-state index contributed by atoms with van der Waals surface area (Å²) >= 11 is 1.13. The largest absolute Gasteiger partial charge is 0.341 e. The number of urea groups is 1. The van der Waals surface area contributed by atoms with Gasteiger partial charge in [0.2, 0.25) is 5.91 Å². The van der Waals surface area contributed by atoms with Crippen molar-refractivity contribution in [2.45, 2.75) is 31.2 Å². The lowest BCUT2D eigenvalue weighted by molar-refractivity contribution is -0.119. The number of imide groups is 1. The highest BCUT2D eigenvalue weighted by molar-refractivity contribution is 8.00. The van der Waals surface area contributed by atoms with Crippen LogP contribution >= 0.6 is 11.8 Å². The third-order valence-electron chi connectivity index (χ3n) is 4.47. The summed E-state index contributed by atoms with van der Waals surface area (Å²) in [5, 5.41) is 4.85. The number of aromatic nitrogens is 2. The van der Waals surface area contributed by atoms with Crippen molar-refractivity contribution in [3.05, 3.63) is 63.9 Å². The van der Waals surface area contributed by atoms with Crippen LogP contribution in [0.4, 0.5) is 4.79 Å². The van der Waals surface area contributed by atoms with E-state index in [1.54, 1.807) is 29.7 Å². The maximum Gasteiger partial charge on any atom is 0.321 e. The van der Waals surface area contributed by atoms with E-state index in [2.05, 4.69) is 15.6 Å². The van der Waals surface area contributed by atoms with Crippen molar-refractivity contribution in [2.75, 3.05) is 7.05 Å². The van der Waals surface area contributed by atoms with Gasteiger partial charge in [0.1, 0.15) is 0 Å². The van der Waals surface area contributed by atoms with E-state index < -0.39 is 17.2 Å². The Balaban J connectivity index is 2.15. The fourth-order valence-electron chi connectivity index (χ4n) is 2.85. The second-order valence-corrected chi connectivity index (χ2v) is 7.98. The molecular weight excluding hydrogens is 388 g/mol. The number of carbonyl (C=O) groups excluding carboxylic acids is 2. The number of thioether (sulfide) groups is 1. The van der Waals surface area contributed by atoms with Gasteiger partial charge in [-0.1, -0.05) is 36.0 Å². The molecule has 3 aromatic rings. The van der Waals surface area contributed by atoms with E-state index in [1.807, 2.05) is 38.1 Å². The molecule has 0 saturated heterocycles. The molecule has 0 bridgehead atoms. The van der Waals surface area contributed by atoms with Crippen molar-refractivity contribution < 1.29 is 9.59 Å². The van der Waals surface area contributed by atoms with Gasteiger partial charge in [-0.2, -0.15) is 0 Å². The average Bonchev–Trinajstić information content (AvgIpc) is 2.70. The molecule has 8 heteroatoms. The van der Waals surface area contributed by atoms with Gasteiger partial charge in [-0.05, 0) is 50.1 Å². The molecule has 29 heavy (non-hydrogen) atoms. The van der Waals surface area contributed by atoms with Gasteiger partial charge in [-0.15, -0.1) is 0 Å². The van der Waals surface area contributed by atoms with E-state index in [-0.39, 0.29) is 5.56 Å². The maximum atomic E-state index is 13.3. The normalized spacial score (nSPS) is 11.9. The number of carbonyl (C=O) groups is 2. The lowest BCUT2D eigenvalue weighted by atomic mass is 10.1. The second-order valence-electron chi connectivity index (χ2n) is 6.67. The summed E-state index contributed by atoms with van der Waals surface area (Å²) in [6.45, 7) is 5.54. The van der Waals surface area contributed by atoms with Gasteiger partial charge in [0.15, 0.2) is 5.16 Å². The van der Waals surface area contributed by atoms with Crippen LogP contribution in [0.15, 0.2) is 52.4 Å². The Morgan fingerprint density at radius 3 is 2.59 bits per heavy atom. The fraction of sp³-hybridized carbons (Fsp3) is 0.238. The zero-order chi connectivity index (χ0) is 21.1. The first-order valence-electron chi connectivity index (χ1n) is 9.10. The van der Waals surface area contributed by atoms with E-state index in [0.717, 1.165) is 28.6 Å². The lowest BCUT2D eigenvalue weighted by Crippen LogP contribution is -2.41. The molecule has 0 unspecified atom stereocenters. The Morgan fingerprint density at radius 1 is 1.14 bits per heavy atom. The monoisotopic (exact) mass is 410 g/mol. The number of para-hydroxylation sites is 1. The first kappa shape index (κ1) is 20.6. The number of amides is 3. The third-order valence-corrected chi connectivity index (χ3v) is 5.52. The summed E-state index contributed by atoms with van der Waals surface area (Å²) in [5.74, 6) is -0.468. The number of benzene rings is 2. The minimum absolute atomic E-state index is 0.203. The molecule has 1 atom stereocenters. The van der Waals surface area contributed by atoms with E-state index >= 15 is 0 Å². The molecule has 1 aromatic heterocycles. The highest BCUT2D eigenvalue weighted by Crippen LogP contribution is 2.26. The Bertz CT molecular complexity index is 1160. The van der Waals surface area contributed by atoms with Gasteiger partial charge in [-0.3, -0.25) is 19.5 Å². The standard InChI is InChI=1S/C21H22N4O3S/c1-12-9-10-13(2)17(11-12)25-19(27)15-7-5-6-8-16(15)23-21(25)29-14(3)18(26)24-20(28)22-4/h5-11,14H,1-4H3,(H2,22,24,26,28)/t14-/m0/s1. The summed E-state index contributed by atoms with van der Waals surface area (Å²) < 4.78 is 1.54. The van der Waals surface area contributed by atoms with Gasteiger partial charge >= 0.3 is 6.03 Å². The average molecular weight is 410 g/mol. The Labute approximate surface area is 172 Å². The highest BCUT2D eigenvalue weighted by atomic mass is 32.2. The molecule has 0 saturated carbocycles. The second kappa shape index (κ2) is 8.48. The molecule has 7 nitrogen and oxygen atoms in total. The van der Waals surface area contributed by atoms with Gasteiger partial charge < -0.3 is 5.32 Å². The summed E-state index contributed by atoms with van der Waals surface area (Å²) in [4.78, 5) is 41.8. The number of fused-ring (bicyclic) bond motifs is 1. The minimum atomic E-state index is -0.642. The Kier molecular flexibility index (Phi) is 6.03. The molecule has 0 aliphatic carbocycles. The van der Waals surface area contributed by atoms with Gasteiger partial charge in [0.05, 0.1) is 21.8 Å². The first-order chi connectivity index (χ1) is 13.8. The molecule has 3 rings (SSSR count). The van der Waals surface area contributed by atoms with Crippen LogP contribution in [-0.4, -0.2) is 33.8 Å². The lowest BCUT2D eigenvalue weighted by Gasteiger charge is -2.18. The highest BCUT2D eigenvalue weighted by Gasteiger charge is 2.22. The van der Waals surface area contributed by atoms with E-state index in [4.69, 9.17) is 0 Å². The van der Waals surface area contributed by atoms with Crippen LogP contribution in [0, 0.1) is 13.8 Å². The predicted octanol–water partition coefficient (Wildman–Crippen LogP) is 2.94. The van der Waals surface area contributed by atoms with E-state index in [1.165, 1.54) is 7.05 Å². The Morgan fingerprint density at radius 2 is 1.86 bits per heavy atom. The van der Waals surface area contributed by atoms with Crippen molar-refractivity contribution >= 4 is 34.6 Å². The van der Waals surface area contributed by atoms with Gasteiger partial charge in [0, 0.05) is 7.05 Å². The number of hydrogen-bond donors (Lipinski definition) is 2. The van der Waals surface area contributed by atoms with Crippen molar-refractivity contribution in [1.29, 1.82) is 0 Å². The summed E-state index contributed by atoms with van der Waals surface area (Å²) in [5.41, 5.74) is 2.99. The van der Waals surface area contributed by atoms with Crippen molar-refractivity contribution in [3.8, 4) is 5.69 Å². The molecule has 1 heterocycles. The zero-order valence-corrected chi connectivity index (χ0v) is 17.5. The maximum absolute atomic E-state index is 13.3. The van der Waals surface area contributed by atoms with Crippen molar-refractivity contribution in [1.82, 2.24) is 20.2 Å². The van der Waals surface area contributed by atoms with Crippen LogP contribution in [0.25, 0.3) is 16.6 Å². The summed E-state index contributed by atoms with van der Waals surface area (Å²) in [6, 6.07) is 12.4. The summed E-state index contributed by atoms with van der Waals surface area (Å²) in [7, 11) is 1.43. The van der Waals surface area contributed by atoms with Crippen LogP contribution in [0.3, 0.4) is 0 Å². The van der Waals surface area contributed by atoms with E-state index in [9.17, 15) is 14.4 Å². The first-order valence-corrected chi connectivity index (χ1v) is 9.98. The van der Waals surface area contributed by atoms with Crippen LogP contribution < -0.4 is 16.2 Å².